The zero-order valence-corrected chi connectivity index (χ0v) is 10.5. The Morgan fingerprint density at radius 3 is 2.28 bits per heavy atom. The smallest absolute Gasteiger partial charge is 0.384 e. The molecule has 0 bridgehead atoms. The largest absolute Gasteiger partial charge is 0.419 e. The first-order chi connectivity index (χ1) is 8.27. The Bertz CT molecular complexity index is 398. The predicted octanol–water partition coefficient (Wildman–Crippen LogP) is 4.23. The van der Waals surface area contributed by atoms with Gasteiger partial charge in [-0.1, -0.05) is 19.9 Å². The van der Waals surface area contributed by atoms with Crippen molar-refractivity contribution in [3.05, 3.63) is 35.1 Å². The van der Waals surface area contributed by atoms with E-state index in [1.807, 2.05) is 13.8 Å². The number of alkyl halides is 3. The molecule has 0 amide bonds. The molecule has 0 aliphatic heterocycles. The summed E-state index contributed by atoms with van der Waals surface area (Å²) < 4.78 is 56.0. The summed E-state index contributed by atoms with van der Waals surface area (Å²) in [7, 11) is 1.49. The van der Waals surface area contributed by atoms with Crippen molar-refractivity contribution in [3.8, 4) is 0 Å². The molecule has 0 aliphatic rings. The van der Waals surface area contributed by atoms with E-state index in [1.165, 1.54) is 13.2 Å². The minimum absolute atomic E-state index is 0.108. The van der Waals surface area contributed by atoms with Crippen molar-refractivity contribution in [2.75, 3.05) is 13.7 Å². The van der Waals surface area contributed by atoms with E-state index in [4.69, 9.17) is 4.74 Å². The van der Waals surface area contributed by atoms with Crippen molar-refractivity contribution in [1.82, 2.24) is 0 Å². The van der Waals surface area contributed by atoms with Crippen LogP contribution in [0.4, 0.5) is 17.6 Å². The molecule has 1 atom stereocenters. The van der Waals surface area contributed by atoms with E-state index in [9.17, 15) is 17.6 Å². The van der Waals surface area contributed by atoms with Gasteiger partial charge in [0.2, 0.25) is 0 Å². The monoisotopic (exact) mass is 264 g/mol. The Kier molecular flexibility index (Phi) is 4.73. The van der Waals surface area contributed by atoms with Gasteiger partial charge in [0.15, 0.2) is 0 Å². The maximum Gasteiger partial charge on any atom is 0.419 e. The molecule has 0 heterocycles. The molecule has 1 nitrogen and oxygen atoms in total. The van der Waals surface area contributed by atoms with Crippen molar-refractivity contribution in [1.29, 1.82) is 0 Å². The fourth-order valence-corrected chi connectivity index (χ4v) is 1.84. The second-order valence-corrected chi connectivity index (χ2v) is 4.54. The van der Waals surface area contributed by atoms with Crippen molar-refractivity contribution < 1.29 is 22.3 Å². The highest BCUT2D eigenvalue weighted by atomic mass is 19.4. The highest BCUT2D eigenvalue weighted by Crippen LogP contribution is 2.34. The van der Waals surface area contributed by atoms with Gasteiger partial charge in [-0.3, -0.25) is 0 Å². The van der Waals surface area contributed by atoms with Crippen LogP contribution in [0.15, 0.2) is 18.2 Å². The first-order valence-corrected chi connectivity index (χ1v) is 5.63. The fourth-order valence-electron chi connectivity index (χ4n) is 1.84. The number of benzene rings is 1. The molecular formula is C13H16F4O. The lowest BCUT2D eigenvalue weighted by atomic mass is 9.88. The maximum atomic E-state index is 13.2. The number of rotatable bonds is 4. The van der Waals surface area contributed by atoms with Gasteiger partial charge in [-0.15, -0.1) is 0 Å². The van der Waals surface area contributed by atoms with E-state index < -0.39 is 17.6 Å². The lowest BCUT2D eigenvalue weighted by molar-refractivity contribution is -0.140. The highest BCUT2D eigenvalue weighted by molar-refractivity contribution is 5.30. The molecule has 0 unspecified atom stereocenters. The van der Waals surface area contributed by atoms with Gasteiger partial charge in [0, 0.05) is 13.0 Å². The van der Waals surface area contributed by atoms with Gasteiger partial charge in [0.1, 0.15) is 5.82 Å². The molecule has 0 spiro atoms. The molecule has 0 N–H and O–H groups in total. The fraction of sp³-hybridized carbons (Fsp3) is 0.538. The lowest BCUT2D eigenvalue weighted by Gasteiger charge is -2.21. The number of halogens is 4. The van der Waals surface area contributed by atoms with E-state index in [-0.39, 0.29) is 11.8 Å². The van der Waals surface area contributed by atoms with Crippen molar-refractivity contribution in [3.63, 3.8) is 0 Å². The quantitative estimate of drug-likeness (QED) is 0.739. The minimum atomic E-state index is -4.67. The number of ether oxygens (including phenoxy) is 1. The zero-order chi connectivity index (χ0) is 13.9. The number of hydrogen-bond acceptors (Lipinski definition) is 1. The van der Waals surface area contributed by atoms with Crippen LogP contribution >= 0.6 is 0 Å². The van der Waals surface area contributed by atoms with Crippen LogP contribution in [0.3, 0.4) is 0 Å². The first kappa shape index (κ1) is 15.0. The SMILES string of the molecule is COC[C@H](c1ccc(F)c(C(F)(F)F)c1)C(C)C. The highest BCUT2D eigenvalue weighted by Gasteiger charge is 2.34. The van der Waals surface area contributed by atoms with Gasteiger partial charge in [-0.2, -0.15) is 13.2 Å². The molecule has 1 aromatic carbocycles. The van der Waals surface area contributed by atoms with Gasteiger partial charge in [0.25, 0.3) is 0 Å². The molecule has 18 heavy (non-hydrogen) atoms. The summed E-state index contributed by atoms with van der Waals surface area (Å²) in [5, 5.41) is 0. The molecule has 1 rings (SSSR count). The molecule has 0 radical (unpaired) electrons. The van der Waals surface area contributed by atoms with Crippen molar-refractivity contribution in [2.24, 2.45) is 5.92 Å². The Balaban J connectivity index is 3.18. The lowest BCUT2D eigenvalue weighted by Crippen LogP contribution is -2.15. The second-order valence-electron chi connectivity index (χ2n) is 4.54. The molecule has 1 aromatic rings. The van der Waals surface area contributed by atoms with E-state index in [0.29, 0.717) is 12.2 Å². The van der Waals surface area contributed by atoms with Crippen LogP contribution in [0.2, 0.25) is 0 Å². The summed E-state index contributed by atoms with van der Waals surface area (Å²) in [6, 6.07) is 3.12. The summed E-state index contributed by atoms with van der Waals surface area (Å²) in [4.78, 5) is 0. The van der Waals surface area contributed by atoms with Gasteiger partial charge in [-0.25, -0.2) is 4.39 Å². The van der Waals surface area contributed by atoms with E-state index in [1.54, 1.807) is 0 Å². The molecule has 5 heteroatoms. The molecule has 0 saturated heterocycles. The minimum Gasteiger partial charge on any atom is -0.384 e. The zero-order valence-electron chi connectivity index (χ0n) is 10.5. The van der Waals surface area contributed by atoms with Crippen LogP contribution in [-0.4, -0.2) is 13.7 Å². The first-order valence-electron chi connectivity index (χ1n) is 5.63. The average molecular weight is 264 g/mol. The van der Waals surface area contributed by atoms with Gasteiger partial charge in [-0.05, 0) is 23.6 Å². The summed E-state index contributed by atoms with van der Waals surface area (Å²) in [6.07, 6.45) is -4.67. The third-order valence-corrected chi connectivity index (χ3v) is 2.87. The molecule has 102 valence electrons. The van der Waals surface area contributed by atoms with E-state index in [2.05, 4.69) is 0 Å². The molecular weight excluding hydrogens is 248 g/mol. The third kappa shape index (κ3) is 3.45. The van der Waals surface area contributed by atoms with Gasteiger partial charge >= 0.3 is 6.18 Å². The van der Waals surface area contributed by atoms with E-state index in [0.717, 1.165) is 12.1 Å². The molecule has 0 aromatic heterocycles. The van der Waals surface area contributed by atoms with Crippen molar-refractivity contribution in [2.45, 2.75) is 25.9 Å². The van der Waals surface area contributed by atoms with Crippen molar-refractivity contribution >= 4 is 0 Å². The van der Waals surface area contributed by atoms with Crippen LogP contribution in [0.1, 0.15) is 30.9 Å². The topological polar surface area (TPSA) is 9.23 Å². The van der Waals surface area contributed by atoms with Crippen LogP contribution in [0, 0.1) is 11.7 Å². The Morgan fingerprint density at radius 2 is 1.83 bits per heavy atom. The normalized spacial score (nSPS) is 14.0. The summed E-state index contributed by atoms with van der Waals surface area (Å²) >= 11 is 0. The van der Waals surface area contributed by atoms with Gasteiger partial charge < -0.3 is 4.74 Å². The summed E-state index contributed by atoms with van der Waals surface area (Å²) in [5.41, 5.74) is -0.776. The molecule has 0 fully saturated rings. The number of methoxy groups -OCH3 is 1. The van der Waals surface area contributed by atoms with Gasteiger partial charge in [0.05, 0.1) is 12.2 Å². The predicted molar refractivity (Wildman–Crippen MR) is 60.9 cm³/mol. The average Bonchev–Trinajstić information content (AvgIpc) is 2.25. The standard InChI is InChI=1S/C13H16F4O/c1-8(2)10(7-18-3)9-4-5-12(14)11(6-9)13(15,16)17/h4-6,8,10H,7H2,1-3H3/t10-/m0/s1. The Labute approximate surface area is 104 Å². The Morgan fingerprint density at radius 1 is 1.22 bits per heavy atom. The maximum absolute atomic E-state index is 13.2. The summed E-state index contributed by atoms with van der Waals surface area (Å²) in [6.45, 7) is 4.08. The van der Waals surface area contributed by atoms with Crippen LogP contribution in [0.25, 0.3) is 0 Å². The van der Waals surface area contributed by atoms with E-state index >= 15 is 0 Å². The molecule has 0 saturated carbocycles. The van der Waals surface area contributed by atoms with Crippen LogP contribution in [0.5, 0.6) is 0 Å². The van der Waals surface area contributed by atoms with Crippen LogP contribution in [-0.2, 0) is 10.9 Å². The molecule has 0 aliphatic carbocycles. The number of hydrogen-bond donors (Lipinski definition) is 0. The third-order valence-electron chi connectivity index (χ3n) is 2.87. The van der Waals surface area contributed by atoms with Crippen LogP contribution < -0.4 is 0 Å². The summed E-state index contributed by atoms with van der Waals surface area (Å²) in [5.74, 6) is -1.32. The second kappa shape index (κ2) is 5.69. The Hall–Kier alpha value is -1.10.